The Morgan fingerprint density at radius 1 is 0.735 bits per heavy atom. The van der Waals surface area contributed by atoms with E-state index in [0.717, 1.165) is 55.4 Å². The summed E-state index contributed by atoms with van der Waals surface area (Å²) in [6.45, 7) is 0.812. The Bertz CT molecular complexity index is 1130. The van der Waals surface area contributed by atoms with E-state index in [2.05, 4.69) is 11.7 Å². The average Bonchev–Trinajstić information content (AvgIpc) is 2.82. The molecule has 4 rings (SSSR count). The molecule has 3 aromatic rings. The Morgan fingerprint density at radius 2 is 1.32 bits per heavy atom. The average molecular weight is 475 g/mol. The molecule has 180 valence electrons. The van der Waals surface area contributed by atoms with Crippen LogP contribution in [-0.2, 0) is 0 Å². The third-order valence-corrected chi connectivity index (χ3v) is 6.80. The number of alkyl halides is 1. The summed E-state index contributed by atoms with van der Waals surface area (Å²) >= 11 is 0. The summed E-state index contributed by atoms with van der Waals surface area (Å²) in [6.07, 6.45) is 6.87. The predicted molar refractivity (Wildman–Crippen MR) is 123 cm³/mol. The SMILES string of the molecule is CCCC1CCC(c2ccc(-c3ccc(-c4cc(F)c(OCF)c(F)c4)c(F)c3)c(F)c2)CC1. The third-order valence-electron chi connectivity index (χ3n) is 6.80. The maximum atomic E-state index is 15.0. The summed E-state index contributed by atoms with van der Waals surface area (Å²) in [5.41, 5.74) is 1.43. The van der Waals surface area contributed by atoms with Crippen LogP contribution in [-0.4, -0.2) is 6.86 Å². The maximum Gasteiger partial charge on any atom is 0.228 e. The molecule has 34 heavy (non-hydrogen) atoms. The maximum absolute atomic E-state index is 15.0. The molecule has 0 spiro atoms. The molecular formula is C28H27F5O. The van der Waals surface area contributed by atoms with Gasteiger partial charge in [-0.1, -0.05) is 44.0 Å². The lowest BCUT2D eigenvalue weighted by Crippen LogP contribution is -2.13. The Labute approximate surface area is 196 Å². The van der Waals surface area contributed by atoms with Gasteiger partial charge >= 0.3 is 0 Å². The first-order chi connectivity index (χ1) is 16.4. The quantitative estimate of drug-likeness (QED) is 0.311. The molecule has 0 N–H and O–H groups in total. The van der Waals surface area contributed by atoms with Gasteiger partial charge in [0.2, 0.25) is 6.86 Å². The van der Waals surface area contributed by atoms with Crippen LogP contribution < -0.4 is 4.74 Å². The van der Waals surface area contributed by atoms with Crippen molar-refractivity contribution >= 4 is 0 Å². The molecule has 0 unspecified atom stereocenters. The van der Waals surface area contributed by atoms with Crippen molar-refractivity contribution in [2.45, 2.75) is 51.4 Å². The fourth-order valence-corrected chi connectivity index (χ4v) is 5.04. The van der Waals surface area contributed by atoms with E-state index < -0.39 is 35.9 Å². The van der Waals surface area contributed by atoms with E-state index in [-0.39, 0.29) is 16.7 Å². The molecule has 0 radical (unpaired) electrons. The number of rotatable bonds is 7. The molecular weight excluding hydrogens is 447 g/mol. The lowest BCUT2D eigenvalue weighted by Gasteiger charge is -2.28. The van der Waals surface area contributed by atoms with Gasteiger partial charge in [0, 0.05) is 11.1 Å². The van der Waals surface area contributed by atoms with Crippen molar-refractivity contribution in [2.75, 3.05) is 6.86 Å². The molecule has 0 aliphatic heterocycles. The molecule has 1 saturated carbocycles. The molecule has 1 fully saturated rings. The topological polar surface area (TPSA) is 9.23 Å². The minimum atomic E-state index is -1.39. The molecule has 1 nitrogen and oxygen atoms in total. The number of halogens is 5. The van der Waals surface area contributed by atoms with Crippen LogP contribution in [0, 0.1) is 29.2 Å². The first-order valence-corrected chi connectivity index (χ1v) is 11.7. The molecule has 0 aromatic heterocycles. The minimum absolute atomic E-state index is 0.0609. The lowest BCUT2D eigenvalue weighted by molar-refractivity contribution is 0.176. The van der Waals surface area contributed by atoms with Gasteiger partial charge in [0.15, 0.2) is 17.4 Å². The number of hydrogen-bond acceptors (Lipinski definition) is 1. The van der Waals surface area contributed by atoms with E-state index in [9.17, 15) is 17.6 Å². The van der Waals surface area contributed by atoms with Gasteiger partial charge in [-0.05, 0) is 78.5 Å². The lowest BCUT2D eigenvalue weighted by atomic mass is 9.77. The Kier molecular flexibility index (Phi) is 7.54. The van der Waals surface area contributed by atoms with Crippen LogP contribution in [0.3, 0.4) is 0 Å². The second kappa shape index (κ2) is 10.6. The van der Waals surface area contributed by atoms with Crippen LogP contribution >= 0.6 is 0 Å². The molecule has 0 atom stereocenters. The van der Waals surface area contributed by atoms with Crippen molar-refractivity contribution in [1.82, 2.24) is 0 Å². The van der Waals surface area contributed by atoms with Crippen LogP contribution in [0.25, 0.3) is 22.3 Å². The van der Waals surface area contributed by atoms with Gasteiger partial charge in [0.1, 0.15) is 11.6 Å². The van der Waals surface area contributed by atoms with Gasteiger partial charge in [0.05, 0.1) is 0 Å². The van der Waals surface area contributed by atoms with Gasteiger partial charge in [-0.2, -0.15) is 0 Å². The zero-order chi connectivity index (χ0) is 24.2. The van der Waals surface area contributed by atoms with E-state index >= 15 is 4.39 Å². The smallest absolute Gasteiger partial charge is 0.228 e. The summed E-state index contributed by atoms with van der Waals surface area (Å²) in [4.78, 5) is 0. The van der Waals surface area contributed by atoms with Crippen molar-refractivity contribution in [1.29, 1.82) is 0 Å². The summed E-state index contributed by atoms with van der Waals surface area (Å²) in [5.74, 6) is -3.21. The van der Waals surface area contributed by atoms with E-state index in [1.807, 2.05) is 6.07 Å². The van der Waals surface area contributed by atoms with E-state index in [4.69, 9.17) is 0 Å². The molecule has 3 aromatic carbocycles. The van der Waals surface area contributed by atoms with Gasteiger partial charge in [-0.3, -0.25) is 0 Å². The molecule has 0 saturated heterocycles. The molecule has 0 bridgehead atoms. The van der Waals surface area contributed by atoms with E-state index in [0.29, 0.717) is 11.5 Å². The number of benzene rings is 3. The highest BCUT2D eigenvalue weighted by molar-refractivity contribution is 5.72. The summed E-state index contributed by atoms with van der Waals surface area (Å²) in [7, 11) is 0. The van der Waals surface area contributed by atoms with Crippen LogP contribution in [0.5, 0.6) is 5.75 Å². The van der Waals surface area contributed by atoms with Crippen molar-refractivity contribution in [2.24, 2.45) is 5.92 Å². The van der Waals surface area contributed by atoms with Crippen LogP contribution in [0.1, 0.15) is 56.9 Å². The summed E-state index contributed by atoms with van der Waals surface area (Å²) in [6, 6.07) is 10.9. The van der Waals surface area contributed by atoms with Gasteiger partial charge in [-0.25, -0.2) is 22.0 Å². The minimum Gasteiger partial charge on any atom is -0.457 e. The highest BCUT2D eigenvalue weighted by Crippen LogP contribution is 2.39. The Hall–Kier alpha value is -2.89. The number of ether oxygens (including phenoxy) is 1. The fraction of sp³-hybridized carbons (Fsp3) is 0.357. The highest BCUT2D eigenvalue weighted by atomic mass is 19.2. The second-order valence-corrected chi connectivity index (χ2v) is 8.96. The number of hydrogen-bond donors (Lipinski definition) is 0. The highest BCUT2D eigenvalue weighted by Gasteiger charge is 2.23. The largest absolute Gasteiger partial charge is 0.457 e. The van der Waals surface area contributed by atoms with Crippen molar-refractivity contribution in [3.63, 3.8) is 0 Å². The second-order valence-electron chi connectivity index (χ2n) is 8.96. The Morgan fingerprint density at radius 3 is 1.91 bits per heavy atom. The standard InChI is InChI=1S/C28H27F5O/c1-2-3-17-4-6-18(7-5-17)19-8-10-22(24(30)12-19)20-9-11-23(25(31)13-20)21-14-26(32)28(34-16-29)27(33)15-21/h8-15,17-18H,2-7,16H2,1H3. The Balaban J connectivity index is 1.55. The monoisotopic (exact) mass is 474 g/mol. The van der Waals surface area contributed by atoms with E-state index in [1.54, 1.807) is 12.1 Å². The fourth-order valence-electron chi connectivity index (χ4n) is 5.04. The van der Waals surface area contributed by atoms with Crippen LogP contribution in [0.15, 0.2) is 48.5 Å². The van der Waals surface area contributed by atoms with Gasteiger partial charge in [0.25, 0.3) is 0 Å². The van der Waals surface area contributed by atoms with Crippen molar-refractivity contribution in [3.8, 4) is 28.0 Å². The van der Waals surface area contributed by atoms with Crippen molar-refractivity contribution in [3.05, 3.63) is 77.4 Å². The van der Waals surface area contributed by atoms with E-state index in [1.165, 1.54) is 25.0 Å². The molecule has 1 aliphatic carbocycles. The van der Waals surface area contributed by atoms with Crippen LogP contribution in [0.2, 0.25) is 0 Å². The van der Waals surface area contributed by atoms with Gasteiger partial charge < -0.3 is 4.74 Å². The summed E-state index contributed by atoms with van der Waals surface area (Å²) in [5, 5.41) is 0. The zero-order valence-corrected chi connectivity index (χ0v) is 19.0. The van der Waals surface area contributed by atoms with Crippen LogP contribution in [0.4, 0.5) is 22.0 Å². The predicted octanol–water partition coefficient (Wildman–Crippen LogP) is 8.96. The summed E-state index contributed by atoms with van der Waals surface area (Å²) < 4.78 is 74.6. The molecule has 0 amide bonds. The molecule has 1 aliphatic rings. The first-order valence-electron chi connectivity index (χ1n) is 11.7. The normalized spacial score (nSPS) is 18.2. The molecule has 0 heterocycles. The third kappa shape index (κ3) is 5.11. The van der Waals surface area contributed by atoms with Gasteiger partial charge in [-0.15, -0.1) is 0 Å². The zero-order valence-electron chi connectivity index (χ0n) is 19.0. The van der Waals surface area contributed by atoms with Crippen molar-refractivity contribution < 1.29 is 26.7 Å². The first kappa shape index (κ1) is 24.2. The molecule has 6 heteroatoms.